The Balaban J connectivity index is 1.89. The number of benzene rings is 2. The summed E-state index contributed by atoms with van der Waals surface area (Å²) in [5, 5.41) is 4.97. The van der Waals surface area contributed by atoms with E-state index in [0.29, 0.717) is 19.5 Å². The molecule has 3 aromatic rings. The normalized spacial score (nSPS) is 10.7. The van der Waals surface area contributed by atoms with Crippen molar-refractivity contribution in [2.24, 2.45) is 0 Å². The number of hydrogen-bond donors (Lipinski definition) is 2. The van der Waals surface area contributed by atoms with Gasteiger partial charge in [-0.2, -0.15) is 0 Å². The minimum absolute atomic E-state index is 0.175. The van der Waals surface area contributed by atoms with Gasteiger partial charge in [-0.3, -0.25) is 14.4 Å². The standard InChI is InChI=1S/C25H25F2N3O3/c1-3-28-24(32)19-14-30(12-11-17-7-5-4-6-8-17)15-20(23(19)31)25(33)29-13-18-21(26)10-9-16(2)22(18)27/h4-10,14-15H,3,11-13H2,1-2H3,(H,28,32)(H,29,33). The maximum Gasteiger partial charge on any atom is 0.257 e. The number of carbonyl (C=O) groups is 2. The molecule has 33 heavy (non-hydrogen) atoms. The molecule has 0 spiro atoms. The van der Waals surface area contributed by atoms with E-state index in [0.717, 1.165) is 11.6 Å². The molecule has 0 saturated heterocycles. The first-order valence-corrected chi connectivity index (χ1v) is 10.6. The first kappa shape index (κ1) is 23.8. The van der Waals surface area contributed by atoms with Crippen LogP contribution in [0.25, 0.3) is 0 Å². The Kier molecular flexibility index (Phi) is 7.71. The van der Waals surface area contributed by atoms with Crippen LogP contribution in [0.5, 0.6) is 0 Å². The molecule has 0 radical (unpaired) electrons. The summed E-state index contributed by atoms with van der Waals surface area (Å²) in [6.45, 7) is 3.49. The minimum Gasteiger partial charge on any atom is -0.352 e. The lowest BCUT2D eigenvalue weighted by Gasteiger charge is -2.13. The number of nitrogens with one attached hydrogen (secondary N) is 2. The molecule has 0 bridgehead atoms. The van der Waals surface area contributed by atoms with Crippen LogP contribution in [0.2, 0.25) is 0 Å². The van der Waals surface area contributed by atoms with E-state index in [1.165, 1.54) is 25.4 Å². The van der Waals surface area contributed by atoms with Gasteiger partial charge >= 0.3 is 0 Å². The Morgan fingerprint density at radius 2 is 1.58 bits per heavy atom. The summed E-state index contributed by atoms with van der Waals surface area (Å²) >= 11 is 0. The fourth-order valence-electron chi connectivity index (χ4n) is 3.38. The van der Waals surface area contributed by atoms with Crippen molar-refractivity contribution in [2.45, 2.75) is 33.4 Å². The molecular formula is C25H25F2N3O3. The van der Waals surface area contributed by atoms with Crippen LogP contribution in [0, 0.1) is 18.6 Å². The van der Waals surface area contributed by atoms with Crippen molar-refractivity contribution in [3.05, 3.63) is 105 Å². The smallest absolute Gasteiger partial charge is 0.257 e. The van der Waals surface area contributed by atoms with Gasteiger partial charge < -0.3 is 15.2 Å². The van der Waals surface area contributed by atoms with E-state index in [1.54, 1.807) is 11.5 Å². The Labute approximate surface area is 190 Å². The number of aromatic nitrogens is 1. The van der Waals surface area contributed by atoms with Crippen LogP contribution in [0.4, 0.5) is 8.78 Å². The fraction of sp³-hybridized carbons (Fsp3) is 0.240. The maximum absolute atomic E-state index is 14.3. The van der Waals surface area contributed by atoms with Crippen LogP contribution in [-0.2, 0) is 19.5 Å². The highest BCUT2D eigenvalue weighted by Gasteiger charge is 2.20. The minimum atomic E-state index is -0.820. The summed E-state index contributed by atoms with van der Waals surface area (Å²) in [7, 11) is 0. The molecule has 1 heterocycles. The molecule has 172 valence electrons. The molecule has 0 aliphatic heterocycles. The number of rotatable bonds is 8. The molecule has 2 N–H and O–H groups in total. The molecule has 0 unspecified atom stereocenters. The average molecular weight is 453 g/mol. The molecule has 2 aromatic carbocycles. The van der Waals surface area contributed by atoms with Crippen LogP contribution < -0.4 is 16.1 Å². The van der Waals surface area contributed by atoms with Gasteiger partial charge in [-0.15, -0.1) is 0 Å². The van der Waals surface area contributed by atoms with E-state index in [4.69, 9.17) is 0 Å². The van der Waals surface area contributed by atoms with E-state index in [-0.39, 0.29) is 22.3 Å². The molecule has 8 heteroatoms. The average Bonchev–Trinajstić information content (AvgIpc) is 2.81. The topological polar surface area (TPSA) is 80.2 Å². The zero-order valence-corrected chi connectivity index (χ0v) is 18.5. The van der Waals surface area contributed by atoms with Crippen molar-refractivity contribution in [3.8, 4) is 0 Å². The molecule has 0 aliphatic rings. The number of aryl methyl sites for hydroxylation is 3. The Morgan fingerprint density at radius 1 is 0.939 bits per heavy atom. The zero-order chi connectivity index (χ0) is 24.0. The monoisotopic (exact) mass is 453 g/mol. The Morgan fingerprint density at radius 3 is 2.21 bits per heavy atom. The van der Waals surface area contributed by atoms with Gasteiger partial charge in [0, 0.05) is 37.6 Å². The lowest BCUT2D eigenvalue weighted by molar-refractivity contribution is 0.0948. The molecule has 3 rings (SSSR count). The van der Waals surface area contributed by atoms with Crippen molar-refractivity contribution in [3.63, 3.8) is 0 Å². The summed E-state index contributed by atoms with van der Waals surface area (Å²) in [4.78, 5) is 38.1. The number of halogens is 2. The van der Waals surface area contributed by atoms with Crippen LogP contribution in [0.3, 0.4) is 0 Å². The molecule has 2 amide bonds. The van der Waals surface area contributed by atoms with Gasteiger partial charge in [-0.25, -0.2) is 8.78 Å². The third-order valence-electron chi connectivity index (χ3n) is 5.21. The third-order valence-corrected chi connectivity index (χ3v) is 5.21. The molecule has 0 atom stereocenters. The number of carbonyl (C=O) groups excluding carboxylic acids is 2. The number of amides is 2. The molecule has 0 fully saturated rings. The van der Waals surface area contributed by atoms with Gasteiger partial charge in [0.1, 0.15) is 22.8 Å². The first-order chi connectivity index (χ1) is 15.8. The van der Waals surface area contributed by atoms with E-state index in [2.05, 4.69) is 10.6 Å². The molecular weight excluding hydrogens is 428 g/mol. The van der Waals surface area contributed by atoms with Gasteiger partial charge in [-0.1, -0.05) is 36.4 Å². The SMILES string of the molecule is CCNC(=O)c1cn(CCc2ccccc2)cc(C(=O)NCc2c(F)ccc(C)c2F)c1=O. The highest BCUT2D eigenvalue weighted by Crippen LogP contribution is 2.16. The van der Waals surface area contributed by atoms with E-state index in [9.17, 15) is 23.2 Å². The second kappa shape index (κ2) is 10.7. The van der Waals surface area contributed by atoms with Crippen LogP contribution >= 0.6 is 0 Å². The van der Waals surface area contributed by atoms with Crippen LogP contribution in [0.1, 0.15) is 44.3 Å². The van der Waals surface area contributed by atoms with E-state index < -0.39 is 35.4 Å². The van der Waals surface area contributed by atoms with Crippen molar-refractivity contribution in [2.75, 3.05) is 6.54 Å². The quantitative estimate of drug-likeness (QED) is 0.549. The van der Waals surface area contributed by atoms with E-state index in [1.807, 2.05) is 30.3 Å². The third kappa shape index (κ3) is 5.71. The fourth-order valence-corrected chi connectivity index (χ4v) is 3.38. The van der Waals surface area contributed by atoms with Gasteiger partial charge in [0.15, 0.2) is 0 Å². The first-order valence-electron chi connectivity index (χ1n) is 10.6. The van der Waals surface area contributed by atoms with Crippen molar-refractivity contribution >= 4 is 11.8 Å². The van der Waals surface area contributed by atoms with E-state index >= 15 is 0 Å². The molecule has 1 aromatic heterocycles. The lowest BCUT2D eigenvalue weighted by Crippen LogP contribution is -2.35. The molecule has 6 nitrogen and oxygen atoms in total. The summed E-state index contributed by atoms with van der Waals surface area (Å²) in [6, 6.07) is 12.0. The van der Waals surface area contributed by atoms with Gasteiger partial charge in [0.05, 0.1) is 0 Å². The van der Waals surface area contributed by atoms with Gasteiger partial charge in [-0.05, 0) is 37.5 Å². The summed E-state index contributed by atoms with van der Waals surface area (Å²) in [5.74, 6) is -2.97. The second-order valence-corrected chi connectivity index (χ2v) is 7.59. The van der Waals surface area contributed by atoms with Gasteiger partial charge in [0.2, 0.25) is 5.43 Å². The number of hydrogen-bond acceptors (Lipinski definition) is 3. The predicted octanol–water partition coefficient (Wildman–Crippen LogP) is 3.36. The zero-order valence-electron chi connectivity index (χ0n) is 18.5. The maximum atomic E-state index is 14.3. The summed E-state index contributed by atoms with van der Waals surface area (Å²) < 4.78 is 29.9. The highest BCUT2D eigenvalue weighted by atomic mass is 19.1. The molecule has 0 saturated carbocycles. The predicted molar refractivity (Wildman–Crippen MR) is 121 cm³/mol. The Hall–Kier alpha value is -3.81. The number of pyridine rings is 1. The summed E-state index contributed by atoms with van der Waals surface area (Å²) in [6.07, 6.45) is 3.37. The van der Waals surface area contributed by atoms with Gasteiger partial charge in [0.25, 0.3) is 11.8 Å². The van der Waals surface area contributed by atoms with Crippen LogP contribution in [-0.4, -0.2) is 22.9 Å². The largest absolute Gasteiger partial charge is 0.352 e. The van der Waals surface area contributed by atoms with Crippen molar-refractivity contribution in [1.82, 2.24) is 15.2 Å². The second-order valence-electron chi connectivity index (χ2n) is 7.59. The lowest BCUT2D eigenvalue weighted by atomic mass is 10.1. The van der Waals surface area contributed by atoms with Crippen molar-refractivity contribution in [1.29, 1.82) is 0 Å². The molecule has 0 aliphatic carbocycles. The van der Waals surface area contributed by atoms with Crippen molar-refractivity contribution < 1.29 is 18.4 Å². The van der Waals surface area contributed by atoms with Crippen LogP contribution in [0.15, 0.2) is 59.7 Å². The number of nitrogens with zero attached hydrogens (tertiary/aromatic N) is 1. The Bertz CT molecular complexity index is 1220. The summed E-state index contributed by atoms with van der Waals surface area (Å²) in [5.41, 5.74) is -0.215. The highest BCUT2D eigenvalue weighted by molar-refractivity contribution is 5.99.